The molecule has 0 radical (unpaired) electrons. The molecule has 0 bridgehead atoms. The van der Waals surface area contributed by atoms with Crippen LogP contribution in [0.2, 0.25) is 0 Å². The molecule has 2 rings (SSSR count). The van der Waals surface area contributed by atoms with Gasteiger partial charge in [-0.1, -0.05) is 6.42 Å². The minimum absolute atomic E-state index is 0.329. The van der Waals surface area contributed by atoms with Gasteiger partial charge < -0.3 is 9.64 Å². The van der Waals surface area contributed by atoms with Crippen LogP contribution >= 0.6 is 11.8 Å². The van der Waals surface area contributed by atoms with E-state index < -0.39 is 0 Å². The van der Waals surface area contributed by atoms with Gasteiger partial charge in [-0.15, -0.1) is 0 Å². The standard InChI is InChI=1S/C14H23N3OS/c1-17(8-9-19-2)13-10-15-11-14(16-13)18-12-6-4-3-5-7-12/h10-12H,3-9H2,1-2H3. The average Bonchev–Trinajstić information content (AvgIpc) is 2.46. The maximum atomic E-state index is 5.95. The van der Waals surface area contributed by atoms with Crippen molar-refractivity contribution in [1.29, 1.82) is 0 Å². The molecule has 1 aromatic heterocycles. The Balaban J connectivity index is 1.93. The van der Waals surface area contributed by atoms with Gasteiger partial charge in [0.2, 0.25) is 5.88 Å². The van der Waals surface area contributed by atoms with Gasteiger partial charge in [0.1, 0.15) is 6.10 Å². The lowest BCUT2D eigenvalue weighted by atomic mass is 9.98. The largest absolute Gasteiger partial charge is 0.473 e. The molecule has 0 unspecified atom stereocenters. The Morgan fingerprint density at radius 3 is 2.84 bits per heavy atom. The Morgan fingerprint density at radius 1 is 1.32 bits per heavy atom. The Kier molecular flexibility index (Phi) is 5.76. The van der Waals surface area contributed by atoms with Gasteiger partial charge in [0.15, 0.2) is 5.82 Å². The second-order valence-electron chi connectivity index (χ2n) is 5.01. The van der Waals surface area contributed by atoms with Crippen LogP contribution in [-0.4, -0.2) is 41.7 Å². The van der Waals surface area contributed by atoms with Crippen molar-refractivity contribution in [3.05, 3.63) is 12.4 Å². The first-order chi connectivity index (χ1) is 9.29. The molecule has 0 atom stereocenters. The number of thioether (sulfide) groups is 1. The van der Waals surface area contributed by atoms with Gasteiger partial charge >= 0.3 is 0 Å². The first-order valence-corrected chi connectivity index (χ1v) is 8.38. The molecule has 0 saturated heterocycles. The van der Waals surface area contributed by atoms with E-state index in [-0.39, 0.29) is 0 Å². The van der Waals surface area contributed by atoms with Gasteiger partial charge in [0, 0.05) is 19.3 Å². The third kappa shape index (κ3) is 4.56. The molecule has 1 fully saturated rings. The van der Waals surface area contributed by atoms with Crippen LogP contribution in [-0.2, 0) is 0 Å². The summed E-state index contributed by atoms with van der Waals surface area (Å²) in [6.07, 6.45) is 12.1. The molecule has 5 heteroatoms. The van der Waals surface area contributed by atoms with Crippen molar-refractivity contribution >= 4 is 17.6 Å². The Morgan fingerprint density at radius 2 is 2.11 bits per heavy atom. The van der Waals surface area contributed by atoms with Crippen molar-refractivity contribution in [2.75, 3.05) is 30.5 Å². The zero-order valence-corrected chi connectivity index (χ0v) is 12.7. The minimum Gasteiger partial charge on any atom is -0.473 e. The smallest absolute Gasteiger partial charge is 0.234 e. The molecular weight excluding hydrogens is 258 g/mol. The van der Waals surface area contributed by atoms with Crippen molar-refractivity contribution in [1.82, 2.24) is 9.97 Å². The number of ether oxygens (including phenoxy) is 1. The summed E-state index contributed by atoms with van der Waals surface area (Å²) in [6.45, 7) is 0.975. The van der Waals surface area contributed by atoms with Crippen LogP contribution in [0.3, 0.4) is 0 Å². The predicted molar refractivity (Wildman–Crippen MR) is 81.2 cm³/mol. The Bertz CT molecular complexity index is 383. The SMILES string of the molecule is CSCCN(C)c1cncc(OC2CCCCC2)n1. The molecule has 1 heterocycles. The Labute approximate surface area is 120 Å². The van der Waals surface area contributed by atoms with Gasteiger partial charge in [-0.2, -0.15) is 16.7 Å². The summed E-state index contributed by atoms with van der Waals surface area (Å²) in [7, 11) is 2.05. The fourth-order valence-electron chi connectivity index (χ4n) is 2.28. The van der Waals surface area contributed by atoms with Crippen molar-refractivity contribution in [3.8, 4) is 5.88 Å². The van der Waals surface area contributed by atoms with E-state index in [0.29, 0.717) is 12.0 Å². The highest BCUT2D eigenvalue weighted by Crippen LogP contribution is 2.22. The zero-order valence-electron chi connectivity index (χ0n) is 11.8. The van der Waals surface area contributed by atoms with Gasteiger partial charge in [0.05, 0.1) is 12.4 Å². The second-order valence-corrected chi connectivity index (χ2v) is 5.99. The molecule has 0 aliphatic heterocycles. The van der Waals surface area contributed by atoms with Gasteiger partial charge in [0.25, 0.3) is 0 Å². The fourth-order valence-corrected chi connectivity index (χ4v) is 2.73. The van der Waals surface area contributed by atoms with Crippen LogP contribution in [0, 0.1) is 0 Å². The van der Waals surface area contributed by atoms with Crippen LogP contribution in [0.5, 0.6) is 5.88 Å². The van der Waals surface area contributed by atoms with E-state index in [0.717, 1.165) is 31.0 Å². The van der Waals surface area contributed by atoms with E-state index >= 15 is 0 Å². The van der Waals surface area contributed by atoms with Crippen LogP contribution in [0.25, 0.3) is 0 Å². The molecule has 1 aliphatic carbocycles. The molecule has 1 aromatic rings. The average molecular weight is 281 g/mol. The number of aromatic nitrogens is 2. The molecule has 1 aliphatic rings. The van der Waals surface area contributed by atoms with E-state index in [4.69, 9.17) is 4.74 Å². The number of rotatable bonds is 6. The number of nitrogens with zero attached hydrogens (tertiary/aromatic N) is 3. The molecular formula is C14H23N3OS. The lowest BCUT2D eigenvalue weighted by Gasteiger charge is -2.23. The lowest BCUT2D eigenvalue weighted by Crippen LogP contribution is -2.23. The Hall–Kier alpha value is -0.970. The molecule has 0 aromatic carbocycles. The van der Waals surface area contributed by atoms with Crippen LogP contribution in [0.4, 0.5) is 5.82 Å². The monoisotopic (exact) mass is 281 g/mol. The van der Waals surface area contributed by atoms with E-state index in [9.17, 15) is 0 Å². The molecule has 0 amide bonds. The summed E-state index contributed by atoms with van der Waals surface area (Å²) in [5, 5.41) is 0. The van der Waals surface area contributed by atoms with Gasteiger partial charge in [-0.3, -0.25) is 4.98 Å². The second kappa shape index (κ2) is 7.58. The molecule has 4 nitrogen and oxygen atoms in total. The van der Waals surface area contributed by atoms with E-state index in [2.05, 4.69) is 21.1 Å². The van der Waals surface area contributed by atoms with Crippen molar-refractivity contribution < 1.29 is 4.74 Å². The summed E-state index contributed by atoms with van der Waals surface area (Å²) < 4.78 is 5.95. The summed E-state index contributed by atoms with van der Waals surface area (Å²) >= 11 is 1.84. The van der Waals surface area contributed by atoms with Crippen molar-refractivity contribution in [2.45, 2.75) is 38.2 Å². The van der Waals surface area contributed by atoms with Crippen LogP contribution in [0.15, 0.2) is 12.4 Å². The van der Waals surface area contributed by atoms with E-state index in [1.165, 1.54) is 19.3 Å². The predicted octanol–water partition coefficient (Wildman–Crippen LogP) is 2.99. The van der Waals surface area contributed by atoms with Crippen LogP contribution < -0.4 is 9.64 Å². The number of hydrogen-bond acceptors (Lipinski definition) is 5. The quantitative estimate of drug-likeness (QED) is 0.801. The third-order valence-electron chi connectivity index (χ3n) is 3.46. The van der Waals surface area contributed by atoms with Gasteiger partial charge in [-0.05, 0) is 31.9 Å². The highest BCUT2D eigenvalue weighted by Gasteiger charge is 2.16. The molecule has 0 spiro atoms. The summed E-state index contributed by atoms with van der Waals surface area (Å²) in [5.41, 5.74) is 0. The molecule has 0 N–H and O–H groups in total. The molecule has 19 heavy (non-hydrogen) atoms. The van der Waals surface area contributed by atoms with Crippen molar-refractivity contribution in [2.24, 2.45) is 0 Å². The topological polar surface area (TPSA) is 38.2 Å². The third-order valence-corrected chi connectivity index (χ3v) is 4.05. The number of anilines is 1. The first kappa shape index (κ1) is 14.4. The van der Waals surface area contributed by atoms with Crippen LogP contribution in [0.1, 0.15) is 32.1 Å². The lowest BCUT2D eigenvalue weighted by molar-refractivity contribution is 0.148. The van der Waals surface area contributed by atoms with E-state index in [1.807, 2.05) is 18.8 Å². The minimum atomic E-state index is 0.329. The van der Waals surface area contributed by atoms with E-state index in [1.54, 1.807) is 12.4 Å². The van der Waals surface area contributed by atoms with Crippen molar-refractivity contribution in [3.63, 3.8) is 0 Å². The fraction of sp³-hybridized carbons (Fsp3) is 0.714. The highest BCUT2D eigenvalue weighted by molar-refractivity contribution is 7.98. The maximum absolute atomic E-state index is 5.95. The maximum Gasteiger partial charge on any atom is 0.234 e. The summed E-state index contributed by atoms with van der Waals surface area (Å²) in [4.78, 5) is 10.9. The highest BCUT2D eigenvalue weighted by atomic mass is 32.2. The first-order valence-electron chi connectivity index (χ1n) is 6.98. The molecule has 106 valence electrons. The normalized spacial score (nSPS) is 16.3. The summed E-state index contributed by atoms with van der Waals surface area (Å²) in [6, 6.07) is 0. The summed E-state index contributed by atoms with van der Waals surface area (Å²) in [5.74, 6) is 2.65. The number of hydrogen-bond donors (Lipinski definition) is 0. The van der Waals surface area contributed by atoms with Gasteiger partial charge in [-0.25, -0.2) is 0 Å². The zero-order chi connectivity index (χ0) is 13.5. The molecule has 1 saturated carbocycles.